The fraction of sp³-hybridized carbons (Fsp3) is 0.500. The van der Waals surface area contributed by atoms with Crippen LogP contribution in [0.3, 0.4) is 0 Å². The highest BCUT2D eigenvalue weighted by Crippen LogP contribution is 2.02. The minimum Gasteiger partial charge on any atom is -0.393 e. The highest BCUT2D eigenvalue weighted by molar-refractivity contribution is 5.20. The lowest BCUT2D eigenvalue weighted by atomic mass is 10.1. The maximum Gasteiger partial charge on any atom is 0.0524 e. The summed E-state index contributed by atoms with van der Waals surface area (Å²) in [6, 6.07) is 8.49. The highest BCUT2D eigenvalue weighted by Gasteiger charge is 1.95. The van der Waals surface area contributed by atoms with Crippen LogP contribution >= 0.6 is 0 Å². The molecule has 0 aliphatic heterocycles. The first-order valence-corrected chi connectivity index (χ1v) is 5.13. The molecule has 0 heterocycles. The summed E-state index contributed by atoms with van der Waals surface area (Å²) in [5.41, 5.74) is 2.58. The Labute approximate surface area is 86.0 Å². The van der Waals surface area contributed by atoms with Gasteiger partial charge in [0.25, 0.3) is 0 Å². The molecule has 0 saturated carbocycles. The van der Waals surface area contributed by atoms with E-state index >= 15 is 0 Å². The molecule has 2 heteroatoms. The fourth-order valence-corrected chi connectivity index (χ4v) is 1.25. The summed E-state index contributed by atoms with van der Waals surface area (Å²) in [7, 11) is 0. The number of aliphatic hydroxyl groups excluding tert-OH is 1. The Kier molecular flexibility index (Phi) is 4.63. The molecule has 2 nitrogen and oxygen atoms in total. The van der Waals surface area contributed by atoms with Gasteiger partial charge in [-0.2, -0.15) is 0 Å². The van der Waals surface area contributed by atoms with Crippen LogP contribution in [0.25, 0.3) is 0 Å². The first-order chi connectivity index (χ1) is 6.68. The van der Waals surface area contributed by atoms with Gasteiger partial charge < -0.3 is 10.4 Å². The monoisotopic (exact) mass is 193 g/mol. The number of nitrogens with one attached hydrogen (secondary N) is 1. The van der Waals surface area contributed by atoms with Crippen LogP contribution in [0.1, 0.15) is 24.5 Å². The predicted octanol–water partition coefficient (Wildman–Crippen LogP) is 1.86. The maximum atomic E-state index is 9.05. The molecule has 1 atom stereocenters. The fourth-order valence-electron chi connectivity index (χ4n) is 1.25. The molecule has 78 valence electrons. The van der Waals surface area contributed by atoms with Gasteiger partial charge >= 0.3 is 0 Å². The quantitative estimate of drug-likeness (QED) is 0.699. The average molecular weight is 193 g/mol. The van der Waals surface area contributed by atoms with Crippen molar-refractivity contribution in [3.8, 4) is 0 Å². The highest BCUT2D eigenvalue weighted by atomic mass is 16.3. The summed E-state index contributed by atoms with van der Waals surface area (Å²) in [6.45, 7) is 5.65. The molecule has 1 rings (SSSR count). The van der Waals surface area contributed by atoms with Crippen LogP contribution in [0.2, 0.25) is 0 Å². The lowest BCUT2D eigenvalue weighted by Crippen LogP contribution is -2.18. The Bertz CT molecular complexity index is 254. The first kappa shape index (κ1) is 11.2. The topological polar surface area (TPSA) is 32.3 Å². The minimum absolute atomic E-state index is 0.208. The van der Waals surface area contributed by atoms with Crippen LogP contribution in [-0.2, 0) is 6.54 Å². The number of rotatable bonds is 5. The summed E-state index contributed by atoms with van der Waals surface area (Å²) in [6.07, 6.45) is 0.604. The molecule has 0 radical (unpaired) electrons. The Morgan fingerprint density at radius 3 is 2.50 bits per heavy atom. The molecule has 0 aromatic heterocycles. The van der Waals surface area contributed by atoms with E-state index in [9.17, 15) is 0 Å². The van der Waals surface area contributed by atoms with Crippen LogP contribution in [0.4, 0.5) is 0 Å². The normalized spacial score (nSPS) is 12.8. The number of aryl methyl sites for hydroxylation is 1. The van der Waals surface area contributed by atoms with E-state index in [0.717, 1.165) is 19.5 Å². The molecule has 1 aromatic rings. The summed E-state index contributed by atoms with van der Waals surface area (Å²) in [4.78, 5) is 0. The van der Waals surface area contributed by atoms with Crippen molar-refractivity contribution < 1.29 is 5.11 Å². The molecule has 0 saturated heterocycles. The first-order valence-electron chi connectivity index (χ1n) is 5.13. The van der Waals surface area contributed by atoms with E-state index in [2.05, 4.69) is 36.5 Å². The lowest BCUT2D eigenvalue weighted by Gasteiger charge is -2.06. The van der Waals surface area contributed by atoms with Gasteiger partial charge in [-0.15, -0.1) is 0 Å². The molecule has 0 aliphatic carbocycles. The number of aliphatic hydroxyl groups is 1. The van der Waals surface area contributed by atoms with Crippen LogP contribution in [0.15, 0.2) is 24.3 Å². The molecular weight excluding hydrogens is 174 g/mol. The molecule has 2 N–H and O–H groups in total. The molecule has 0 fully saturated rings. The van der Waals surface area contributed by atoms with Crippen molar-refractivity contribution in [2.75, 3.05) is 6.54 Å². The molecule has 0 amide bonds. The molecule has 0 spiro atoms. The van der Waals surface area contributed by atoms with Crippen molar-refractivity contribution >= 4 is 0 Å². The zero-order chi connectivity index (χ0) is 10.4. The van der Waals surface area contributed by atoms with E-state index in [0.29, 0.717) is 0 Å². The van der Waals surface area contributed by atoms with Crippen molar-refractivity contribution in [1.82, 2.24) is 5.32 Å². The van der Waals surface area contributed by atoms with Gasteiger partial charge in [0.15, 0.2) is 0 Å². The van der Waals surface area contributed by atoms with Crippen molar-refractivity contribution in [3.63, 3.8) is 0 Å². The second kappa shape index (κ2) is 5.78. The van der Waals surface area contributed by atoms with Crippen LogP contribution in [0.5, 0.6) is 0 Å². The standard InChI is InChI=1S/C12H19NO/c1-10-3-5-12(6-4-10)9-13-8-7-11(2)14/h3-6,11,13-14H,7-9H2,1-2H3/t11-/m0/s1. The Hall–Kier alpha value is -0.860. The third kappa shape index (κ3) is 4.40. The van der Waals surface area contributed by atoms with Gasteiger partial charge in [0.05, 0.1) is 6.10 Å². The van der Waals surface area contributed by atoms with Gasteiger partial charge in [0.2, 0.25) is 0 Å². The van der Waals surface area contributed by atoms with Crippen molar-refractivity contribution in [1.29, 1.82) is 0 Å². The Morgan fingerprint density at radius 2 is 1.93 bits per heavy atom. The van der Waals surface area contributed by atoms with Gasteiger partial charge in [-0.3, -0.25) is 0 Å². The van der Waals surface area contributed by atoms with Crippen LogP contribution < -0.4 is 5.32 Å². The lowest BCUT2D eigenvalue weighted by molar-refractivity contribution is 0.183. The summed E-state index contributed by atoms with van der Waals surface area (Å²) in [5.74, 6) is 0. The average Bonchev–Trinajstić information content (AvgIpc) is 2.15. The van der Waals surface area contributed by atoms with Crippen molar-refractivity contribution in [2.24, 2.45) is 0 Å². The van der Waals surface area contributed by atoms with E-state index in [1.165, 1.54) is 11.1 Å². The minimum atomic E-state index is -0.208. The number of benzene rings is 1. The zero-order valence-corrected chi connectivity index (χ0v) is 8.96. The number of hydrogen-bond donors (Lipinski definition) is 2. The zero-order valence-electron chi connectivity index (χ0n) is 8.96. The van der Waals surface area contributed by atoms with Gasteiger partial charge in [0, 0.05) is 6.54 Å². The summed E-state index contributed by atoms with van der Waals surface area (Å²) in [5, 5.41) is 12.3. The predicted molar refractivity (Wildman–Crippen MR) is 59.2 cm³/mol. The van der Waals surface area contributed by atoms with Gasteiger partial charge in [-0.25, -0.2) is 0 Å². The molecule has 0 unspecified atom stereocenters. The Morgan fingerprint density at radius 1 is 1.29 bits per heavy atom. The van der Waals surface area contributed by atoms with Crippen molar-refractivity contribution in [3.05, 3.63) is 35.4 Å². The second-order valence-electron chi connectivity index (χ2n) is 3.80. The summed E-state index contributed by atoms with van der Waals surface area (Å²) < 4.78 is 0. The molecule has 1 aromatic carbocycles. The summed E-state index contributed by atoms with van der Waals surface area (Å²) >= 11 is 0. The van der Waals surface area contributed by atoms with Crippen LogP contribution in [-0.4, -0.2) is 17.8 Å². The molecular formula is C12H19NO. The third-order valence-corrected chi connectivity index (χ3v) is 2.19. The Balaban J connectivity index is 2.21. The number of hydrogen-bond acceptors (Lipinski definition) is 2. The van der Waals surface area contributed by atoms with E-state index < -0.39 is 0 Å². The van der Waals surface area contributed by atoms with E-state index in [1.54, 1.807) is 0 Å². The van der Waals surface area contributed by atoms with E-state index in [-0.39, 0.29) is 6.10 Å². The van der Waals surface area contributed by atoms with Gasteiger partial charge in [-0.05, 0) is 32.4 Å². The molecule has 14 heavy (non-hydrogen) atoms. The molecule has 0 aliphatic rings. The smallest absolute Gasteiger partial charge is 0.0524 e. The van der Waals surface area contributed by atoms with Crippen molar-refractivity contribution in [2.45, 2.75) is 32.9 Å². The van der Waals surface area contributed by atoms with E-state index in [4.69, 9.17) is 5.11 Å². The SMILES string of the molecule is Cc1ccc(CNCC[C@H](C)O)cc1. The largest absolute Gasteiger partial charge is 0.393 e. The van der Waals surface area contributed by atoms with Gasteiger partial charge in [0.1, 0.15) is 0 Å². The van der Waals surface area contributed by atoms with Gasteiger partial charge in [-0.1, -0.05) is 29.8 Å². The van der Waals surface area contributed by atoms with E-state index in [1.807, 2.05) is 6.92 Å². The van der Waals surface area contributed by atoms with Crippen LogP contribution in [0, 0.1) is 6.92 Å². The maximum absolute atomic E-state index is 9.05. The second-order valence-corrected chi connectivity index (χ2v) is 3.80. The molecule has 0 bridgehead atoms. The third-order valence-electron chi connectivity index (χ3n) is 2.19.